The SMILES string of the molecule is CN(CCS(=O)c1ccccc1)CC(=O)Nc1ccccc1. The van der Waals surface area contributed by atoms with E-state index in [1.807, 2.05) is 72.6 Å². The summed E-state index contributed by atoms with van der Waals surface area (Å²) in [5.41, 5.74) is 0.786. The van der Waals surface area contributed by atoms with E-state index in [4.69, 9.17) is 0 Å². The minimum Gasteiger partial charge on any atom is -0.325 e. The molecule has 2 aromatic carbocycles. The van der Waals surface area contributed by atoms with E-state index in [1.54, 1.807) is 0 Å². The van der Waals surface area contributed by atoms with Crippen LogP contribution in [0.25, 0.3) is 0 Å². The number of amides is 1. The van der Waals surface area contributed by atoms with Crippen molar-refractivity contribution in [3.8, 4) is 0 Å². The van der Waals surface area contributed by atoms with Crippen LogP contribution in [-0.2, 0) is 15.6 Å². The number of carbonyl (C=O) groups excluding carboxylic acids is 1. The molecule has 0 saturated carbocycles. The Kier molecular flexibility index (Phi) is 6.30. The lowest BCUT2D eigenvalue weighted by atomic mass is 10.3. The van der Waals surface area contributed by atoms with Gasteiger partial charge in [-0.25, -0.2) is 0 Å². The van der Waals surface area contributed by atoms with Gasteiger partial charge in [0.1, 0.15) is 0 Å². The van der Waals surface area contributed by atoms with Gasteiger partial charge in [0, 0.05) is 22.9 Å². The largest absolute Gasteiger partial charge is 0.325 e. The van der Waals surface area contributed by atoms with Crippen molar-refractivity contribution in [3.05, 3.63) is 60.7 Å². The van der Waals surface area contributed by atoms with Crippen molar-refractivity contribution < 1.29 is 9.00 Å². The molecule has 0 spiro atoms. The molecular formula is C17H20N2O2S. The number of para-hydroxylation sites is 1. The van der Waals surface area contributed by atoms with E-state index in [-0.39, 0.29) is 12.5 Å². The smallest absolute Gasteiger partial charge is 0.238 e. The van der Waals surface area contributed by atoms with Crippen LogP contribution in [0.15, 0.2) is 65.6 Å². The van der Waals surface area contributed by atoms with Crippen molar-refractivity contribution in [2.24, 2.45) is 0 Å². The average Bonchev–Trinajstić information content (AvgIpc) is 2.54. The first-order valence-corrected chi connectivity index (χ1v) is 8.44. The molecule has 5 heteroatoms. The summed E-state index contributed by atoms with van der Waals surface area (Å²) in [5, 5.41) is 2.84. The molecule has 0 aliphatic heterocycles. The second-order valence-corrected chi connectivity index (χ2v) is 6.59. The van der Waals surface area contributed by atoms with Gasteiger partial charge in [0.15, 0.2) is 0 Å². The third kappa shape index (κ3) is 5.42. The van der Waals surface area contributed by atoms with Gasteiger partial charge in [0.05, 0.1) is 17.3 Å². The van der Waals surface area contributed by atoms with Crippen molar-refractivity contribution in [2.45, 2.75) is 4.90 Å². The van der Waals surface area contributed by atoms with Gasteiger partial charge in [-0.3, -0.25) is 13.9 Å². The number of hydrogen-bond donors (Lipinski definition) is 1. The first-order chi connectivity index (χ1) is 10.6. The zero-order valence-corrected chi connectivity index (χ0v) is 13.4. The van der Waals surface area contributed by atoms with Crippen molar-refractivity contribution in [2.75, 3.05) is 31.2 Å². The summed E-state index contributed by atoms with van der Waals surface area (Å²) in [7, 11) is 0.824. The van der Waals surface area contributed by atoms with Crippen molar-refractivity contribution in [3.63, 3.8) is 0 Å². The van der Waals surface area contributed by atoms with Gasteiger partial charge in [0.25, 0.3) is 0 Å². The third-order valence-electron chi connectivity index (χ3n) is 3.14. The Hall–Kier alpha value is -1.98. The monoisotopic (exact) mass is 316 g/mol. The maximum Gasteiger partial charge on any atom is 0.238 e. The van der Waals surface area contributed by atoms with E-state index in [1.165, 1.54) is 0 Å². The molecule has 4 nitrogen and oxygen atoms in total. The molecule has 0 fully saturated rings. The molecule has 0 saturated heterocycles. The Morgan fingerprint density at radius 3 is 2.27 bits per heavy atom. The van der Waals surface area contributed by atoms with E-state index in [2.05, 4.69) is 5.32 Å². The van der Waals surface area contributed by atoms with Crippen molar-refractivity contribution in [1.82, 2.24) is 4.90 Å². The number of benzene rings is 2. The molecule has 1 amide bonds. The zero-order chi connectivity index (χ0) is 15.8. The molecule has 0 bridgehead atoms. The molecule has 2 rings (SSSR count). The fraction of sp³-hybridized carbons (Fsp3) is 0.235. The van der Waals surface area contributed by atoms with Gasteiger partial charge >= 0.3 is 0 Å². The first kappa shape index (κ1) is 16.4. The predicted molar refractivity (Wildman–Crippen MR) is 90.3 cm³/mol. The molecule has 116 valence electrons. The summed E-state index contributed by atoms with van der Waals surface area (Å²) < 4.78 is 12.1. The number of rotatable bonds is 7. The van der Waals surface area contributed by atoms with E-state index in [0.29, 0.717) is 12.3 Å². The van der Waals surface area contributed by atoms with E-state index in [9.17, 15) is 9.00 Å². The minimum absolute atomic E-state index is 0.0702. The van der Waals surface area contributed by atoms with Gasteiger partial charge in [-0.1, -0.05) is 36.4 Å². The number of nitrogens with zero attached hydrogens (tertiary/aromatic N) is 1. The van der Waals surface area contributed by atoms with E-state index >= 15 is 0 Å². The lowest BCUT2D eigenvalue weighted by Gasteiger charge is -2.16. The highest BCUT2D eigenvalue weighted by Gasteiger charge is 2.09. The highest BCUT2D eigenvalue weighted by molar-refractivity contribution is 7.85. The Morgan fingerprint density at radius 1 is 1.05 bits per heavy atom. The molecule has 22 heavy (non-hydrogen) atoms. The molecule has 1 unspecified atom stereocenters. The summed E-state index contributed by atoms with van der Waals surface area (Å²) in [5.74, 6) is 0.443. The van der Waals surface area contributed by atoms with Crippen molar-refractivity contribution >= 4 is 22.4 Å². The molecule has 1 N–H and O–H groups in total. The highest BCUT2D eigenvalue weighted by atomic mass is 32.2. The number of anilines is 1. The summed E-state index contributed by atoms with van der Waals surface area (Å²) in [6.45, 7) is 0.880. The summed E-state index contributed by atoms with van der Waals surface area (Å²) in [6.07, 6.45) is 0. The van der Waals surface area contributed by atoms with Crippen LogP contribution in [0, 0.1) is 0 Å². The van der Waals surface area contributed by atoms with E-state index in [0.717, 1.165) is 10.6 Å². The maximum atomic E-state index is 12.1. The van der Waals surface area contributed by atoms with Crippen molar-refractivity contribution in [1.29, 1.82) is 0 Å². The highest BCUT2D eigenvalue weighted by Crippen LogP contribution is 2.06. The summed E-state index contributed by atoms with van der Waals surface area (Å²) in [4.78, 5) is 14.6. The molecule has 0 aliphatic carbocycles. The zero-order valence-electron chi connectivity index (χ0n) is 12.6. The number of hydrogen-bond acceptors (Lipinski definition) is 3. The fourth-order valence-electron chi connectivity index (χ4n) is 1.98. The van der Waals surface area contributed by atoms with Crippen LogP contribution in [0.4, 0.5) is 5.69 Å². The van der Waals surface area contributed by atoms with Crippen LogP contribution in [-0.4, -0.2) is 40.9 Å². The quantitative estimate of drug-likeness (QED) is 0.853. The Bertz CT molecular complexity index is 617. The van der Waals surface area contributed by atoms with Crippen LogP contribution >= 0.6 is 0 Å². The van der Waals surface area contributed by atoms with Gasteiger partial charge in [-0.2, -0.15) is 0 Å². The topological polar surface area (TPSA) is 49.4 Å². The molecule has 0 aliphatic rings. The lowest BCUT2D eigenvalue weighted by Crippen LogP contribution is -2.32. The Morgan fingerprint density at radius 2 is 1.64 bits per heavy atom. The summed E-state index contributed by atoms with van der Waals surface area (Å²) in [6, 6.07) is 18.7. The molecular weight excluding hydrogens is 296 g/mol. The standard InChI is InChI=1S/C17H20N2O2S/c1-19(12-13-22(21)16-10-6-3-7-11-16)14-17(20)18-15-8-4-2-5-9-15/h2-11H,12-14H2,1H3,(H,18,20). The van der Waals surface area contributed by atoms with Crippen LogP contribution in [0.2, 0.25) is 0 Å². The normalized spacial score (nSPS) is 12.1. The molecule has 2 aromatic rings. The lowest BCUT2D eigenvalue weighted by molar-refractivity contribution is -0.117. The minimum atomic E-state index is -1.03. The van der Waals surface area contributed by atoms with Gasteiger partial charge in [0.2, 0.25) is 5.91 Å². The van der Waals surface area contributed by atoms with Crippen LogP contribution < -0.4 is 5.32 Å². The Balaban J connectivity index is 1.74. The maximum absolute atomic E-state index is 12.1. The van der Waals surface area contributed by atoms with E-state index < -0.39 is 10.8 Å². The van der Waals surface area contributed by atoms with Gasteiger partial charge in [-0.05, 0) is 31.3 Å². The third-order valence-corrected chi connectivity index (χ3v) is 4.49. The second kappa shape index (κ2) is 8.46. The average molecular weight is 316 g/mol. The number of carbonyl (C=O) groups is 1. The fourth-order valence-corrected chi connectivity index (χ4v) is 3.15. The number of likely N-dealkylation sites (N-methyl/N-ethyl adjacent to an activating group) is 1. The first-order valence-electron chi connectivity index (χ1n) is 7.12. The molecule has 1 atom stereocenters. The molecule has 0 radical (unpaired) electrons. The molecule has 0 heterocycles. The van der Waals surface area contributed by atoms with Crippen LogP contribution in [0.1, 0.15) is 0 Å². The summed E-state index contributed by atoms with van der Waals surface area (Å²) >= 11 is 0. The Labute approximate surface area is 133 Å². The predicted octanol–water partition coefficient (Wildman–Crippen LogP) is 2.36. The molecule has 0 aromatic heterocycles. The van der Waals surface area contributed by atoms with Gasteiger partial charge in [-0.15, -0.1) is 0 Å². The van der Waals surface area contributed by atoms with Gasteiger partial charge < -0.3 is 5.32 Å². The second-order valence-electron chi connectivity index (χ2n) is 5.01. The van der Waals surface area contributed by atoms with Crippen LogP contribution in [0.3, 0.4) is 0 Å². The number of nitrogens with one attached hydrogen (secondary N) is 1. The van der Waals surface area contributed by atoms with Crippen LogP contribution in [0.5, 0.6) is 0 Å².